The van der Waals surface area contributed by atoms with E-state index in [0.29, 0.717) is 0 Å². The van der Waals surface area contributed by atoms with Crippen LogP contribution >= 0.6 is 10.7 Å². The first-order valence-electron chi connectivity index (χ1n) is 3.43. The smallest absolute Gasteiger partial charge is 0.358 e. The van der Waals surface area contributed by atoms with Crippen LogP contribution in [0.15, 0.2) is 11.1 Å². The number of esters is 1. The summed E-state index contributed by atoms with van der Waals surface area (Å²) < 4.78 is 27.2. The third kappa shape index (κ3) is 2.05. The average molecular weight is 239 g/mol. The molecule has 0 aliphatic rings. The van der Waals surface area contributed by atoms with E-state index in [-0.39, 0.29) is 10.7 Å². The average Bonchev–Trinajstić information content (AvgIpc) is 2.45. The third-order valence-electron chi connectivity index (χ3n) is 1.48. The lowest BCUT2D eigenvalue weighted by molar-refractivity contribution is 0.0593. The Bertz CT molecular complexity index is 464. The molecule has 0 amide bonds. The molecule has 0 unspecified atom stereocenters. The molecule has 0 aromatic carbocycles. The fourth-order valence-corrected chi connectivity index (χ4v) is 1.92. The van der Waals surface area contributed by atoms with Crippen molar-refractivity contribution in [2.45, 2.75) is 5.03 Å². The lowest BCUT2D eigenvalue weighted by Crippen LogP contribution is -2.03. The van der Waals surface area contributed by atoms with E-state index in [1.54, 1.807) is 0 Å². The Kier molecular flexibility index (Phi) is 2.81. The number of carbonyl (C=O) groups excluding carboxylic acids is 1. The number of rotatable bonds is 2. The second-order valence-corrected chi connectivity index (χ2v) is 4.93. The number of nitrogens with zero attached hydrogens (tertiary/aromatic N) is 2. The van der Waals surface area contributed by atoms with Crippen LogP contribution in [0.5, 0.6) is 0 Å². The summed E-state index contributed by atoms with van der Waals surface area (Å²) in [5, 5.41) is 3.38. The Labute approximate surface area is 84.8 Å². The number of ether oxygens (including phenoxy) is 1. The van der Waals surface area contributed by atoms with Gasteiger partial charge in [-0.25, -0.2) is 13.2 Å². The molecule has 1 rings (SSSR count). The van der Waals surface area contributed by atoms with E-state index < -0.39 is 15.0 Å². The Morgan fingerprint density at radius 2 is 2.21 bits per heavy atom. The van der Waals surface area contributed by atoms with Crippen molar-refractivity contribution in [3.05, 3.63) is 11.8 Å². The van der Waals surface area contributed by atoms with Crippen LogP contribution < -0.4 is 0 Å². The Morgan fingerprint density at radius 3 is 2.57 bits per heavy atom. The van der Waals surface area contributed by atoms with Gasteiger partial charge in [0.05, 0.1) is 7.11 Å². The van der Waals surface area contributed by atoms with E-state index in [0.717, 1.165) is 10.7 Å². The van der Waals surface area contributed by atoms with Gasteiger partial charge in [0.25, 0.3) is 9.05 Å². The number of hydrogen-bond acceptors (Lipinski definition) is 5. The number of methoxy groups -OCH3 is 1. The van der Waals surface area contributed by atoms with Crippen LogP contribution in [0.25, 0.3) is 0 Å². The molecule has 1 heterocycles. The highest BCUT2D eigenvalue weighted by Gasteiger charge is 2.20. The minimum atomic E-state index is -3.89. The summed E-state index contributed by atoms with van der Waals surface area (Å²) in [5.74, 6) is -0.716. The zero-order valence-electron chi connectivity index (χ0n) is 7.39. The monoisotopic (exact) mass is 238 g/mol. The van der Waals surface area contributed by atoms with Crippen LogP contribution in [-0.4, -0.2) is 31.3 Å². The fraction of sp³-hybridized carbons (Fsp3) is 0.333. The minimum Gasteiger partial charge on any atom is -0.464 e. The number of aryl methyl sites for hydroxylation is 1. The summed E-state index contributed by atoms with van der Waals surface area (Å²) in [4.78, 5) is 11.0. The van der Waals surface area contributed by atoms with Gasteiger partial charge in [-0.3, -0.25) is 4.68 Å². The Morgan fingerprint density at radius 1 is 1.64 bits per heavy atom. The standard InChI is InChI=1S/C6H7ClN2O4S/c1-9-5(14(7,11)12)3-4(8-9)6(10)13-2/h3H,1-2H3. The maximum Gasteiger partial charge on any atom is 0.358 e. The molecule has 0 aliphatic carbocycles. The number of carbonyl (C=O) groups is 1. The number of aromatic nitrogens is 2. The Hall–Kier alpha value is -1.08. The zero-order chi connectivity index (χ0) is 10.9. The molecular formula is C6H7ClN2O4S. The summed E-state index contributed by atoms with van der Waals surface area (Å²) >= 11 is 0. The molecule has 0 atom stereocenters. The molecule has 1 aromatic rings. The SMILES string of the molecule is COC(=O)c1cc(S(=O)(=O)Cl)n(C)n1. The lowest BCUT2D eigenvalue weighted by atomic mass is 10.4. The lowest BCUT2D eigenvalue weighted by Gasteiger charge is -1.93. The molecule has 0 fully saturated rings. The van der Waals surface area contributed by atoms with Crippen LogP contribution in [-0.2, 0) is 20.8 Å². The van der Waals surface area contributed by atoms with Crippen molar-refractivity contribution in [2.75, 3.05) is 7.11 Å². The number of hydrogen-bond donors (Lipinski definition) is 0. The molecule has 0 saturated heterocycles. The molecule has 0 radical (unpaired) electrons. The molecule has 0 spiro atoms. The quantitative estimate of drug-likeness (QED) is 0.541. The Balaban J connectivity index is 3.25. The normalized spacial score (nSPS) is 11.4. The number of halogens is 1. The molecule has 1 aromatic heterocycles. The highest BCUT2D eigenvalue weighted by atomic mass is 35.7. The highest BCUT2D eigenvalue weighted by Crippen LogP contribution is 2.15. The summed E-state index contributed by atoms with van der Waals surface area (Å²) in [5.41, 5.74) is -0.103. The van der Waals surface area contributed by atoms with Crippen molar-refractivity contribution in [3.8, 4) is 0 Å². The molecule has 8 heteroatoms. The molecular weight excluding hydrogens is 232 g/mol. The van der Waals surface area contributed by atoms with Gasteiger partial charge < -0.3 is 4.74 Å². The van der Waals surface area contributed by atoms with Gasteiger partial charge in [0.15, 0.2) is 10.7 Å². The van der Waals surface area contributed by atoms with Crippen molar-refractivity contribution >= 4 is 25.7 Å². The zero-order valence-corrected chi connectivity index (χ0v) is 8.96. The van der Waals surface area contributed by atoms with Crippen molar-refractivity contribution in [1.82, 2.24) is 9.78 Å². The molecule has 6 nitrogen and oxygen atoms in total. The molecule has 0 aliphatic heterocycles. The topological polar surface area (TPSA) is 78.3 Å². The first-order valence-corrected chi connectivity index (χ1v) is 5.74. The van der Waals surface area contributed by atoms with Crippen LogP contribution in [0.3, 0.4) is 0 Å². The highest BCUT2D eigenvalue weighted by molar-refractivity contribution is 8.13. The van der Waals surface area contributed by atoms with Crippen LogP contribution in [0, 0.1) is 0 Å². The largest absolute Gasteiger partial charge is 0.464 e. The molecule has 0 bridgehead atoms. The first-order chi connectivity index (χ1) is 6.36. The predicted octanol–water partition coefficient (Wildman–Crippen LogP) is 0.134. The fourth-order valence-electron chi connectivity index (χ4n) is 0.883. The summed E-state index contributed by atoms with van der Waals surface area (Å²) in [6, 6.07) is 1.05. The summed E-state index contributed by atoms with van der Waals surface area (Å²) in [7, 11) is 3.73. The van der Waals surface area contributed by atoms with Gasteiger partial charge in [-0.15, -0.1) is 0 Å². The maximum absolute atomic E-state index is 11.0. The van der Waals surface area contributed by atoms with Crippen molar-refractivity contribution < 1.29 is 17.9 Å². The molecule has 78 valence electrons. The van der Waals surface area contributed by atoms with Crippen LogP contribution in [0.2, 0.25) is 0 Å². The van der Waals surface area contributed by atoms with E-state index in [1.807, 2.05) is 0 Å². The molecule has 0 saturated carbocycles. The second-order valence-electron chi connectivity index (χ2n) is 2.42. The third-order valence-corrected chi connectivity index (χ3v) is 2.84. The summed E-state index contributed by atoms with van der Waals surface area (Å²) in [6.07, 6.45) is 0. The van der Waals surface area contributed by atoms with Gasteiger partial charge in [0.1, 0.15) is 0 Å². The van der Waals surface area contributed by atoms with E-state index in [9.17, 15) is 13.2 Å². The van der Waals surface area contributed by atoms with Gasteiger partial charge in [-0.1, -0.05) is 0 Å². The summed E-state index contributed by atoms with van der Waals surface area (Å²) in [6.45, 7) is 0. The second kappa shape index (κ2) is 3.58. The predicted molar refractivity (Wildman–Crippen MR) is 47.6 cm³/mol. The van der Waals surface area contributed by atoms with Crippen LogP contribution in [0.1, 0.15) is 10.5 Å². The van der Waals surface area contributed by atoms with Crippen molar-refractivity contribution in [1.29, 1.82) is 0 Å². The van der Waals surface area contributed by atoms with Gasteiger partial charge in [0, 0.05) is 23.8 Å². The van der Waals surface area contributed by atoms with Gasteiger partial charge in [0.2, 0.25) is 0 Å². The van der Waals surface area contributed by atoms with Crippen LogP contribution in [0.4, 0.5) is 0 Å². The van der Waals surface area contributed by atoms with E-state index in [4.69, 9.17) is 10.7 Å². The first kappa shape index (κ1) is 11.0. The molecule has 14 heavy (non-hydrogen) atoms. The molecule has 0 N–H and O–H groups in total. The van der Waals surface area contributed by atoms with Crippen molar-refractivity contribution in [2.24, 2.45) is 7.05 Å². The van der Waals surface area contributed by atoms with Gasteiger partial charge in [-0.2, -0.15) is 5.10 Å². The van der Waals surface area contributed by atoms with E-state index >= 15 is 0 Å². The van der Waals surface area contributed by atoms with Crippen molar-refractivity contribution in [3.63, 3.8) is 0 Å². The van der Waals surface area contributed by atoms with E-state index in [2.05, 4.69) is 9.84 Å². The maximum atomic E-state index is 11.0. The van der Waals surface area contributed by atoms with E-state index in [1.165, 1.54) is 14.2 Å². The minimum absolute atomic E-state index is 0.103. The van der Waals surface area contributed by atoms with Gasteiger partial charge in [-0.05, 0) is 0 Å². The van der Waals surface area contributed by atoms with Gasteiger partial charge >= 0.3 is 5.97 Å².